The number of nitrogens with one attached hydrogen (secondary N) is 5. The second-order valence-corrected chi connectivity index (χ2v) is 22.3. The molecule has 0 spiro atoms. The van der Waals surface area contributed by atoms with E-state index in [1.54, 1.807) is 54.1 Å². The number of benzene rings is 2. The number of piperazine rings is 1. The summed E-state index contributed by atoms with van der Waals surface area (Å²) in [4.78, 5) is 88.2. The summed E-state index contributed by atoms with van der Waals surface area (Å²) in [7, 11) is 0. The number of unbranched alkanes of at least 4 members (excludes halogenated alkanes) is 2. The quantitative estimate of drug-likeness (QED) is 0.0401. The summed E-state index contributed by atoms with van der Waals surface area (Å²) in [6.07, 6.45) is 10.4. The third-order valence-electron chi connectivity index (χ3n) is 15.1. The molecule has 2 saturated heterocycles. The van der Waals surface area contributed by atoms with Crippen molar-refractivity contribution in [3.63, 3.8) is 0 Å². The number of anilines is 2. The van der Waals surface area contributed by atoms with Gasteiger partial charge in [0.1, 0.15) is 23.5 Å². The van der Waals surface area contributed by atoms with Gasteiger partial charge in [-0.05, 0) is 81.2 Å². The van der Waals surface area contributed by atoms with Gasteiger partial charge in [0.15, 0.2) is 11.5 Å². The lowest BCUT2D eigenvalue weighted by atomic mass is 9.91. The van der Waals surface area contributed by atoms with Crippen molar-refractivity contribution in [2.24, 2.45) is 5.92 Å². The summed E-state index contributed by atoms with van der Waals surface area (Å²) in [5, 5.41) is 33.8. The number of hydrogen-bond acceptors (Lipinski definition) is 15. The fourth-order valence-corrected chi connectivity index (χ4v) is 11.4. The first-order chi connectivity index (χ1) is 38.7. The average Bonchev–Trinajstić information content (AvgIpc) is 3.96. The number of rotatable bonds is 22. The van der Waals surface area contributed by atoms with E-state index < -0.39 is 35.8 Å². The largest absolute Gasteiger partial charge is 0.391 e. The highest BCUT2D eigenvalue weighted by Crippen LogP contribution is 2.41. The Labute approximate surface area is 466 Å². The molecule has 3 aliphatic rings. The van der Waals surface area contributed by atoms with Crippen LogP contribution in [0.15, 0.2) is 83.4 Å². The number of β-amino-alcohol motifs (C(OH)–C–C–N with tert-alkyl or cyclic N) is 1. The predicted molar refractivity (Wildman–Crippen MR) is 297 cm³/mol. The number of carbonyl (C=O) groups is 5. The number of aromatic nitrogens is 7. The second kappa shape index (κ2) is 24.6. The number of amides is 5. The highest BCUT2D eigenvalue weighted by atomic mass is 32.1. The van der Waals surface area contributed by atoms with Crippen LogP contribution in [0.25, 0.3) is 27.3 Å². The van der Waals surface area contributed by atoms with E-state index in [0.717, 1.165) is 52.3 Å². The summed E-state index contributed by atoms with van der Waals surface area (Å²) in [6.45, 7) is 10.2. The summed E-state index contributed by atoms with van der Waals surface area (Å²) in [5.74, 6) is -1.84. The van der Waals surface area contributed by atoms with Crippen molar-refractivity contribution in [3.8, 4) is 21.7 Å². The Hall–Kier alpha value is -7.89. The molecule has 6 N–H and O–H groups in total. The Morgan fingerprint density at radius 3 is 2.34 bits per heavy atom. The van der Waals surface area contributed by atoms with Crippen molar-refractivity contribution in [2.45, 2.75) is 103 Å². The zero-order valence-corrected chi connectivity index (χ0v) is 46.1. The van der Waals surface area contributed by atoms with Crippen LogP contribution in [0.5, 0.6) is 0 Å². The zero-order valence-electron chi connectivity index (χ0n) is 45.3. The summed E-state index contributed by atoms with van der Waals surface area (Å²) in [6, 6.07) is 12.0. The number of aromatic amines is 1. The molecule has 0 unspecified atom stereocenters. The molecule has 2 aromatic carbocycles. The molecule has 1 saturated carbocycles. The number of H-pyrrole nitrogens is 1. The van der Waals surface area contributed by atoms with Gasteiger partial charge in [0.05, 0.1) is 76.4 Å². The highest BCUT2D eigenvalue weighted by molar-refractivity contribution is 7.13. The minimum absolute atomic E-state index is 0.0178. The topological polar surface area (TPSA) is 261 Å². The number of nitrogens with zero attached hydrogens (tertiary/aromatic N) is 9. The Balaban J connectivity index is 0.659. The maximum Gasteiger partial charge on any atom is 0.254 e. The number of carbonyl (C=O) groups excluding carboxylic acids is 5. The van der Waals surface area contributed by atoms with Crippen molar-refractivity contribution >= 4 is 58.0 Å². The number of aliphatic hydroxyl groups is 1. The van der Waals surface area contributed by atoms with Crippen LogP contribution in [0.1, 0.15) is 115 Å². The zero-order chi connectivity index (χ0) is 56.0. The fourth-order valence-electron chi connectivity index (χ4n) is 10.6. The van der Waals surface area contributed by atoms with Crippen molar-refractivity contribution in [3.05, 3.63) is 119 Å². The lowest BCUT2D eigenvalue weighted by Crippen LogP contribution is -2.51. The minimum atomic E-state index is -0.971. The van der Waals surface area contributed by atoms with E-state index in [0.29, 0.717) is 86.5 Å². The Morgan fingerprint density at radius 2 is 1.68 bits per heavy atom. The number of thiazole rings is 1. The fraction of sp³-hybridized carbons (Fsp3) is 0.439. The molecule has 80 heavy (non-hydrogen) atoms. The van der Waals surface area contributed by atoms with Crippen LogP contribution in [0.2, 0.25) is 0 Å². The first-order valence-corrected chi connectivity index (χ1v) is 28.3. The number of hydrogen-bond donors (Lipinski definition) is 6. The summed E-state index contributed by atoms with van der Waals surface area (Å²) >= 11 is 1.53. The molecule has 23 heteroatoms. The Bertz CT molecular complexity index is 3330. The van der Waals surface area contributed by atoms with Crippen LogP contribution in [0, 0.1) is 25.6 Å². The third-order valence-corrected chi connectivity index (χ3v) is 16.0. The number of halogens is 1. The van der Waals surface area contributed by atoms with Crippen molar-refractivity contribution in [1.82, 2.24) is 65.4 Å². The molecule has 5 aromatic heterocycles. The van der Waals surface area contributed by atoms with E-state index in [1.165, 1.54) is 22.3 Å². The molecule has 4 atom stereocenters. The molecular weight excluding hydrogens is 1040 g/mol. The molecular formula is C57H67FN14O7S. The van der Waals surface area contributed by atoms with E-state index >= 15 is 4.39 Å². The van der Waals surface area contributed by atoms with E-state index in [9.17, 15) is 29.1 Å². The van der Waals surface area contributed by atoms with Gasteiger partial charge >= 0.3 is 0 Å². The number of aliphatic hydroxyl groups excluding tert-OH is 1. The molecule has 420 valence electrons. The van der Waals surface area contributed by atoms with Gasteiger partial charge in [-0.3, -0.25) is 38.4 Å². The molecule has 0 radical (unpaired) electrons. The van der Waals surface area contributed by atoms with Crippen molar-refractivity contribution in [2.75, 3.05) is 57.7 Å². The maximum absolute atomic E-state index is 15.7. The van der Waals surface area contributed by atoms with Crippen molar-refractivity contribution in [1.29, 1.82) is 0 Å². The molecule has 21 nitrogen and oxygen atoms in total. The summed E-state index contributed by atoms with van der Waals surface area (Å²) in [5.41, 5.74) is 8.49. The van der Waals surface area contributed by atoms with Gasteiger partial charge < -0.3 is 40.7 Å². The van der Waals surface area contributed by atoms with Crippen LogP contribution < -0.4 is 21.3 Å². The van der Waals surface area contributed by atoms with E-state index in [1.807, 2.05) is 60.5 Å². The Morgan fingerprint density at radius 1 is 0.912 bits per heavy atom. The molecule has 2 aliphatic heterocycles. The first kappa shape index (κ1) is 55.4. The SMILES string of the molecule is Cc1cc([C@H](C(=O)N2C[C@H](O)C[C@H]2C(=O)N[C@@H](CC(=O)NCCCCCNC(=O)CN2CCN(C(=O)c3ccc(Nc4nc(C5CC5)cn5c(-c6cn[nH]c6)cnc45)c(F)c3)CC2)c2ccc(-c3scnc3C)cc2)C(C)C)on1. The second-order valence-electron chi connectivity index (χ2n) is 21.4. The van der Waals surface area contributed by atoms with Gasteiger partial charge in [-0.2, -0.15) is 5.10 Å². The minimum Gasteiger partial charge on any atom is -0.391 e. The first-order valence-electron chi connectivity index (χ1n) is 27.4. The lowest BCUT2D eigenvalue weighted by Gasteiger charge is -2.34. The predicted octanol–water partition coefficient (Wildman–Crippen LogP) is 6.42. The molecule has 1 aliphatic carbocycles. The third kappa shape index (κ3) is 12.9. The van der Waals surface area contributed by atoms with Crippen LogP contribution in [-0.2, 0) is 19.2 Å². The number of aryl methyl sites for hydroxylation is 2. The molecule has 5 amide bonds. The van der Waals surface area contributed by atoms with Crippen LogP contribution in [0.4, 0.5) is 15.9 Å². The molecule has 10 rings (SSSR count). The molecule has 0 bridgehead atoms. The van der Waals surface area contributed by atoms with Crippen LogP contribution >= 0.6 is 11.3 Å². The van der Waals surface area contributed by atoms with E-state index in [-0.39, 0.29) is 66.7 Å². The molecule has 3 fully saturated rings. The van der Waals surface area contributed by atoms with Gasteiger partial charge in [0, 0.05) is 87.7 Å². The normalized spacial score (nSPS) is 17.4. The number of imidazole rings is 1. The summed E-state index contributed by atoms with van der Waals surface area (Å²) < 4.78 is 23.1. The highest BCUT2D eigenvalue weighted by Gasteiger charge is 2.44. The average molecular weight is 1110 g/mol. The smallest absolute Gasteiger partial charge is 0.254 e. The number of fused-ring (bicyclic) bond motifs is 1. The van der Waals surface area contributed by atoms with E-state index in [2.05, 4.69) is 46.6 Å². The van der Waals surface area contributed by atoms with Crippen LogP contribution in [-0.4, -0.2) is 149 Å². The molecule has 7 heterocycles. The van der Waals surface area contributed by atoms with Crippen molar-refractivity contribution < 1.29 is 38.0 Å². The molecule has 7 aromatic rings. The van der Waals surface area contributed by atoms with Crippen LogP contribution in [0.3, 0.4) is 0 Å². The van der Waals surface area contributed by atoms with Gasteiger partial charge in [-0.25, -0.2) is 19.3 Å². The number of likely N-dealkylation sites (tertiary alicyclic amines) is 1. The Kier molecular flexibility index (Phi) is 17.1. The standard InChI is InChI=1S/C57H67FN14O7S/c1-33(2)51(48-22-34(3)68-79-48)57(78)72-29-41(73)24-46(72)55(76)67-44(36-10-12-38(13-11-36)52-35(4)62-32-80-52)25-49(74)59-16-6-5-7-17-60-50(75)31-69-18-20-70(21-19-69)56(77)39-14-15-43(42(58)23-39)65-53-54-61-28-47(40-26-63-64-27-40)71(54)30-45(66-53)37-8-9-37/h10-15,22-23,26-28,30,32-33,37,41,44,46,51,73H,5-9,16-21,24-25,29,31H2,1-4H3,(H,59,74)(H,60,75)(H,63,64)(H,65,66)(H,67,76)/t41-,44+,46+,51-/m1/s1. The van der Waals surface area contributed by atoms with Gasteiger partial charge in [-0.15, -0.1) is 11.3 Å². The van der Waals surface area contributed by atoms with Gasteiger partial charge in [0.25, 0.3) is 5.91 Å². The van der Waals surface area contributed by atoms with Gasteiger partial charge in [-0.1, -0.05) is 43.3 Å². The maximum atomic E-state index is 15.7. The van der Waals surface area contributed by atoms with E-state index in [4.69, 9.17) is 9.51 Å². The van der Waals surface area contributed by atoms with Gasteiger partial charge in [0.2, 0.25) is 23.6 Å². The lowest BCUT2D eigenvalue weighted by molar-refractivity contribution is -0.141. The monoisotopic (exact) mass is 1110 g/mol.